The Hall–Kier alpha value is 0.137. The summed E-state index contributed by atoms with van der Waals surface area (Å²) in [5, 5.41) is 9.15. The number of unbranched alkanes of at least 4 members (excludes halogenated alkanes) is 1. The first-order valence-electron chi connectivity index (χ1n) is 8.05. The molecular formula is C16H34O2Si. The van der Waals surface area contributed by atoms with E-state index in [-0.39, 0.29) is 0 Å². The molecule has 19 heavy (non-hydrogen) atoms. The molecule has 1 N–H and O–H groups in total. The Morgan fingerprint density at radius 3 is 2.11 bits per heavy atom. The zero-order chi connectivity index (χ0) is 14.5. The monoisotopic (exact) mass is 286 g/mol. The molecule has 0 heterocycles. The van der Waals surface area contributed by atoms with Crippen molar-refractivity contribution in [1.29, 1.82) is 0 Å². The highest BCUT2D eigenvalue weighted by Crippen LogP contribution is 2.40. The molecule has 2 nitrogen and oxygen atoms in total. The van der Waals surface area contributed by atoms with Gasteiger partial charge in [0.1, 0.15) is 0 Å². The van der Waals surface area contributed by atoms with Crippen LogP contribution in [0.3, 0.4) is 0 Å². The van der Waals surface area contributed by atoms with Gasteiger partial charge < -0.3 is 9.53 Å². The largest absolute Gasteiger partial charge is 0.414 e. The second-order valence-electron chi connectivity index (χ2n) is 7.74. The van der Waals surface area contributed by atoms with Crippen molar-refractivity contribution in [3.63, 3.8) is 0 Å². The van der Waals surface area contributed by atoms with E-state index in [1.54, 1.807) is 0 Å². The van der Waals surface area contributed by atoms with Gasteiger partial charge in [-0.25, -0.2) is 0 Å². The van der Waals surface area contributed by atoms with Crippen molar-refractivity contribution in [1.82, 2.24) is 0 Å². The van der Waals surface area contributed by atoms with Gasteiger partial charge in [-0.2, -0.15) is 0 Å². The van der Waals surface area contributed by atoms with Crippen LogP contribution in [0.25, 0.3) is 0 Å². The van der Waals surface area contributed by atoms with Crippen LogP contribution in [0.2, 0.25) is 18.1 Å². The van der Waals surface area contributed by atoms with Crippen LogP contribution in [0.5, 0.6) is 0 Å². The average molecular weight is 287 g/mol. The molecule has 0 aromatic heterocycles. The highest BCUT2D eigenvalue weighted by atomic mass is 28.4. The number of hydrogen-bond donors (Lipinski definition) is 1. The van der Waals surface area contributed by atoms with Crippen LogP contribution in [0.1, 0.15) is 65.7 Å². The molecule has 0 aromatic carbocycles. The Morgan fingerprint density at radius 2 is 1.63 bits per heavy atom. The maximum Gasteiger partial charge on any atom is 0.192 e. The molecule has 0 atom stereocenters. The quantitative estimate of drug-likeness (QED) is 0.565. The maximum absolute atomic E-state index is 8.83. The first-order chi connectivity index (χ1) is 8.76. The number of hydrogen-bond acceptors (Lipinski definition) is 2. The van der Waals surface area contributed by atoms with Crippen molar-refractivity contribution < 1.29 is 9.53 Å². The van der Waals surface area contributed by atoms with Gasteiger partial charge in [-0.15, -0.1) is 0 Å². The van der Waals surface area contributed by atoms with Gasteiger partial charge in [0, 0.05) is 12.7 Å². The lowest BCUT2D eigenvalue weighted by atomic mass is 9.84. The number of rotatable bonds is 6. The summed E-state index contributed by atoms with van der Waals surface area (Å²) in [4.78, 5) is 0. The molecule has 1 aliphatic carbocycles. The van der Waals surface area contributed by atoms with Gasteiger partial charge in [0.2, 0.25) is 0 Å². The predicted molar refractivity (Wildman–Crippen MR) is 85.0 cm³/mol. The van der Waals surface area contributed by atoms with Crippen molar-refractivity contribution in [3.05, 3.63) is 0 Å². The smallest absolute Gasteiger partial charge is 0.192 e. The summed E-state index contributed by atoms with van der Waals surface area (Å²) < 4.78 is 6.52. The summed E-state index contributed by atoms with van der Waals surface area (Å²) in [6.07, 6.45) is 9.11. The molecule has 3 heteroatoms. The van der Waals surface area contributed by atoms with E-state index in [1.165, 1.54) is 38.5 Å². The SMILES string of the molecule is CC(C)(C)[Si](C)(C)OC1CCC(CCCCO)CC1. The van der Waals surface area contributed by atoms with Crippen molar-refractivity contribution in [2.75, 3.05) is 6.61 Å². The second kappa shape index (κ2) is 7.23. The molecule has 1 rings (SSSR count). The molecule has 1 aliphatic rings. The Balaban J connectivity index is 2.30. The molecular weight excluding hydrogens is 252 g/mol. The minimum Gasteiger partial charge on any atom is -0.414 e. The second-order valence-corrected chi connectivity index (χ2v) is 12.5. The standard InChI is InChI=1S/C16H34O2Si/c1-16(2,3)19(4,5)18-15-11-9-14(10-12-15)8-6-7-13-17/h14-15,17H,6-13H2,1-5H3. The maximum atomic E-state index is 8.83. The van der Waals surface area contributed by atoms with E-state index < -0.39 is 8.32 Å². The van der Waals surface area contributed by atoms with Gasteiger partial charge in [-0.05, 0) is 56.2 Å². The third-order valence-electron chi connectivity index (χ3n) is 5.08. The third-order valence-corrected chi connectivity index (χ3v) is 9.62. The summed E-state index contributed by atoms with van der Waals surface area (Å²) in [5.74, 6) is 0.880. The summed E-state index contributed by atoms with van der Waals surface area (Å²) in [7, 11) is -1.58. The van der Waals surface area contributed by atoms with Gasteiger partial charge in [-0.3, -0.25) is 0 Å². The van der Waals surface area contributed by atoms with Crippen molar-refractivity contribution in [3.8, 4) is 0 Å². The highest BCUT2D eigenvalue weighted by Gasteiger charge is 2.39. The van der Waals surface area contributed by atoms with Crippen LogP contribution in [0, 0.1) is 5.92 Å². The topological polar surface area (TPSA) is 29.5 Å². The molecule has 114 valence electrons. The molecule has 0 radical (unpaired) electrons. The molecule has 1 fully saturated rings. The lowest BCUT2D eigenvalue weighted by Gasteiger charge is -2.41. The molecule has 0 aromatic rings. The molecule has 0 bridgehead atoms. The lowest BCUT2D eigenvalue weighted by molar-refractivity contribution is 0.113. The Labute approximate surface area is 121 Å². The van der Waals surface area contributed by atoms with E-state index in [0.717, 1.165) is 12.3 Å². The predicted octanol–water partition coefficient (Wildman–Crippen LogP) is 4.73. The summed E-state index contributed by atoms with van der Waals surface area (Å²) in [5.41, 5.74) is 0. The zero-order valence-corrected chi connectivity index (χ0v) is 14.7. The summed E-state index contributed by atoms with van der Waals surface area (Å²) in [6.45, 7) is 12.0. The Kier molecular flexibility index (Phi) is 6.54. The van der Waals surface area contributed by atoms with E-state index >= 15 is 0 Å². The van der Waals surface area contributed by atoms with Gasteiger partial charge in [0.15, 0.2) is 8.32 Å². The van der Waals surface area contributed by atoms with Crippen LogP contribution in [-0.4, -0.2) is 26.1 Å². The first-order valence-corrected chi connectivity index (χ1v) is 11.0. The first kappa shape index (κ1) is 17.2. The molecule has 0 unspecified atom stereocenters. The van der Waals surface area contributed by atoms with Crippen molar-refractivity contribution >= 4 is 8.32 Å². The third kappa shape index (κ3) is 5.56. The number of aliphatic hydroxyl groups is 1. The average Bonchev–Trinajstić information content (AvgIpc) is 2.30. The van der Waals surface area contributed by atoms with Crippen LogP contribution in [0.15, 0.2) is 0 Å². The molecule has 0 spiro atoms. The minimum absolute atomic E-state index is 0.324. The van der Waals surface area contributed by atoms with Crippen LogP contribution >= 0.6 is 0 Å². The molecule has 0 aliphatic heterocycles. The van der Waals surface area contributed by atoms with Crippen LogP contribution < -0.4 is 0 Å². The lowest BCUT2D eigenvalue weighted by Crippen LogP contribution is -2.44. The fourth-order valence-corrected chi connectivity index (χ4v) is 4.10. The summed E-state index contributed by atoms with van der Waals surface area (Å²) in [6, 6.07) is 0. The van der Waals surface area contributed by atoms with Crippen LogP contribution in [0.4, 0.5) is 0 Å². The molecule has 0 saturated heterocycles. The fraction of sp³-hybridized carbons (Fsp3) is 1.00. The fourth-order valence-electron chi connectivity index (χ4n) is 2.68. The Morgan fingerprint density at radius 1 is 1.05 bits per heavy atom. The van der Waals surface area contributed by atoms with Crippen LogP contribution in [-0.2, 0) is 4.43 Å². The van der Waals surface area contributed by atoms with E-state index in [9.17, 15) is 0 Å². The minimum atomic E-state index is -1.58. The van der Waals surface area contributed by atoms with E-state index in [1.807, 2.05) is 0 Å². The Bertz CT molecular complexity index is 250. The highest BCUT2D eigenvalue weighted by molar-refractivity contribution is 6.74. The summed E-state index contributed by atoms with van der Waals surface area (Å²) >= 11 is 0. The molecule has 1 saturated carbocycles. The van der Waals surface area contributed by atoms with Crippen molar-refractivity contribution in [2.45, 2.75) is 90.0 Å². The zero-order valence-electron chi connectivity index (χ0n) is 13.7. The van der Waals surface area contributed by atoms with E-state index in [4.69, 9.17) is 9.53 Å². The van der Waals surface area contributed by atoms with Gasteiger partial charge in [0.25, 0.3) is 0 Å². The molecule has 0 amide bonds. The normalized spacial score (nSPS) is 25.6. The van der Waals surface area contributed by atoms with Gasteiger partial charge in [-0.1, -0.05) is 33.6 Å². The number of aliphatic hydroxyl groups excluding tert-OH is 1. The van der Waals surface area contributed by atoms with Gasteiger partial charge >= 0.3 is 0 Å². The van der Waals surface area contributed by atoms with E-state index in [2.05, 4.69) is 33.9 Å². The van der Waals surface area contributed by atoms with Gasteiger partial charge in [0.05, 0.1) is 0 Å². The van der Waals surface area contributed by atoms with E-state index in [0.29, 0.717) is 17.7 Å². The van der Waals surface area contributed by atoms with Crippen molar-refractivity contribution in [2.24, 2.45) is 5.92 Å².